The Morgan fingerprint density at radius 1 is 1.60 bits per heavy atom. The van der Waals surface area contributed by atoms with Crippen molar-refractivity contribution in [3.05, 3.63) is 0 Å². The standard InChI is InChI=1S/C4H9O5P/c5-10(6,7)9-4-2-1-3-8-4/h4H,1-3H2,(H2,5,6,7). The van der Waals surface area contributed by atoms with Gasteiger partial charge in [0, 0.05) is 13.0 Å². The average Bonchev–Trinajstić information content (AvgIpc) is 2.12. The number of rotatable bonds is 2. The Morgan fingerprint density at radius 2 is 2.30 bits per heavy atom. The zero-order valence-electron chi connectivity index (χ0n) is 5.27. The van der Waals surface area contributed by atoms with Crippen LogP contribution in [0.2, 0.25) is 0 Å². The molecule has 0 spiro atoms. The van der Waals surface area contributed by atoms with Crippen molar-refractivity contribution in [1.82, 2.24) is 0 Å². The molecule has 0 aromatic rings. The summed E-state index contributed by atoms with van der Waals surface area (Å²) in [6.45, 7) is 0.519. The quantitative estimate of drug-likeness (QED) is 0.577. The molecule has 0 aromatic heterocycles. The molecule has 0 radical (unpaired) electrons. The SMILES string of the molecule is O=P(O)(O)OC1CCCO1. The van der Waals surface area contributed by atoms with Gasteiger partial charge in [0.05, 0.1) is 0 Å². The molecule has 1 fully saturated rings. The number of phosphoric ester groups is 1. The monoisotopic (exact) mass is 168 g/mol. The Bertz CT molecular complexity index is 146. The van der Waals surface area contributed by atoms with Gasteiger partial charge < -0.3 is 14.5 Å². The summed E-state index contributed by atoms with van der Waals surface area (Å²) in [5.41, 5.74) is 0. The molecule has 0 saturated carbocycles. The number of hydrogen-bond donors (Lipinski definition) is 2. The number of ether oxygens (including phenoxy) is 1. The molecule has 6 heteroatoms. The van der Waals surface area contributed by atoms with E-state index in [9.17, 15) is 4.57 Å². The Balaban J connectivity index is 2.31. The van der Waals surface area contributed by atoms with E-state index in [-0.39, 0.29) is 0 Å². The molecular formula is C4H9O5P. The van der Waals surface area contributed by atoms with E-state index in [0.29, 0.717) is 13.0 Å². The van der Waals surface area contributed by atoms with Gasteiger partial charge in [0.1, 0.15) is 0 Å². The third-order valence-electron chi connectivity index (χ3n) is 1.14. The van der Waals surface area contributed by atoms with Crippen molar-refractivity contribution >= 4 is 7.82 Å². The first-order valence-corrected chi connectivity index (χ1v) is 4.46. The summed E-state index contributed by atoms with van der Waals surface area (Å²) in [5, 5.41) is 0. The topological polar surface area (TPSA) is 76.0 Å². The van der Waals surface area contributed by atoms with Gasteiger partial charge in [0.25, 0.3) is 0 Å². The fourth-order valence-corrected chi connectivity index (χ4v) is 1.26. The predicted octanol–water partition coefficient (Wildman–Crippen LogP) is 0.232. The van der Waals surface area contributed by atoms with Crippen LogP contribution in [0.5, 0.6) is 0 Å². The van der Waals surface area contributed by atoms with Crippen LogP contribution in [0, 0.1) is 0 Å². The first-order valence-electron chi connectivity index (χ1n) is 2.93. The molecule has 1 unspecified atom stereocenters. The zero-order valence-corrected chi connectivity index (χ0v) is 6.16. The molecule has 10 heavy (non-hydrogen) atoms. The zero-order chi connectivity index (χ0) is 7.61. The molecule has 60 valence electrons. The van der Waals surface area contributed by atoms with Crippen molar-refractivity contribution in [3.63, 3.8) is 0 Å². The lowest BCUT2D eigenvalue weighted by atomic mass is 10.4. The predicted molar refractivity (Wildman–Crippen MR) is 32.1 cm³/mol. The first kappa shape index (κ1) is 8.17. The van der Waals surface area contributed by atoms with Gasteiger partial charge in [-0.1, -0.05) is 0 Å². The highest BCUT2D eigenvalue weighted by Gasteiger charge is 2.25. The van der Waals surface area contributed by atoms with Crippen LogP contribution in [-0.4, -0.2) is 22.7 Å². The lowest BCUT2D eigenvalue weighted by Gasteiger charge is -2.10. The molecule has 1 heterocycles. The lowest BCUT2D eigenvalue weighted by molar-refractivity contribution is -0.0545. The van der Waals surface area contributed by atoms with Gasteiger partial charge in [-0.3, -0.25) is 4.52 Å². The van der Waals surface area contributed by atoms with E-state index in [1.165, 1.54) is 0 Å². The summed E-state index contributed by atoms with van der Waals surface area (Å²) in [5.74, 6) is 0. The van der Waals surface area contributed by atoms with Crippen molar-refractivity contribution in [2.45, 2.75) is 19.1 Å². The molecule has 0 bridgehead atoms. The Kier molecular flexibility index (Phi) is 2.44. The molecule has 0 amide bonds. The minimum absolute atomic E-state index is 0.519. The largest absolute Gasteiger partial charge is 0.471 e. The van der Waals surface area contributed by atoms with Crippen molar-refractivity contribution in [1.29, 1.82) is 0 Å². The van der Waals surface area contributed by atoms with Crippen LogP contribution < -0.4 is 0 Å². The van der Waals surface area contributed by atoms with Gasteiger partial charge in [0.15, 0.2) is 6.29 Å². The lowest BCUT2D eigenvalue weighted by Crippen LogP contribution is -2.07. The van der Waals surface area contributed by atoms with Crippen LogP contribution in [0.1, 0.15) is 12.8 Å². The maximum absolute atomic E-state index is 10.2. The second-order valence-corrected chi connectivity index (χ2v) is 3.23. The highest BCUT2D eigenvalue weighted by molar-refractivity contribution is 7.46. The van der Waals surface area contributed by atoms with E-state index < -0.39 is 14.1 Å². The third kappa shape index (κ3) is 2.77. The summed E-state index contributed by atoms with van der Waals surface area (Å²) in [6, 6.07) is 0. The van der Waals surface area contributed by atoms with Crippen molar-refractivity contribution in [3.8, 4) is 0 Å². The second-order valence-electron chi connectivity index (χ2n) is 2.04. The highest BCUT2D eigenvalue weighted by atomic mass is 31.2. The van der Waals surface area contributed by atoms with Gasteiger partial charge in [-0.25, -0.2) is 4.57 Å². The molecule has 5 nitrogen and oxygen atoms in total. The fourth-order valence-electron chi connectivity index (χ4n) is 0.784. The van der Waals surface area contributed by atoms with Gasteiger partial charge in [0.2, 0.25) is 0 Å². The van der Waals surface area contributed by atoms with Gasteiger partial charge >= 0.3 is 7.82 Å². The summed E-state index contributed by atoms with van der Waals surface area (Å²) >= 11 is 0. The minimum atomic E-state index is -4.34. The number of hydrogen-bond acceptors (Lipinski definition) is 3. The normalized spacial score (nSPS) is 27.2. The first-order chi connectivity index (χ1) is 4.58. The average molecular weight is 168 g/mol. The molecule has 1 saturated heterocycles. The maximum Gasteiger partial charge on any atom is 0.471 e. The fraction of sp³-hybridized carbons (Fsp3) is 1.00. The molecule has 2 N–H and O–H groups in total. The van der Waals surface area contributed by atoms with E-state index in [2.05, 4.69) is 4.52 Å². The molecule has 1 rings (SSSR count). The van der Waals surface area contributed by atoms with Crippen molar-refractivity contribution < 1.29 is 23.6 Å². The molecule has 0 aliphatic carbocycles. The highest BCUT2D eigenvalue weighted by Crippen LogP contribution is 2.39. The van der Waals surface area contributed by atoms with E-state index >= 15 is 0 Å². The number of phosphoric acid groups is 1. The van der Waals surface area contributed by atoms with Gasteiger partial charge in [-0.05, 0) is 6.42 Å². The summed E-state index contributed by atoms with van der Waals surface area (Å²) in [6.07, 6.45) is 0.649. The van der Waals surface area contributed by atoms with E-state index in [4.69, 9.17) is 14.5 Å². The van der Waals surface area contributed by atoms with Gasteiger partial charge in [-0.2, -0.15) is 0 Å². The summed E-state index contributed by atoms with van der Waals surface area (Å²) in [7, 11) is -4.34. The van der Waals surface area contributed by atoms with Crippen LogP contribution in [0.3, 0.4) is 0 Å². The molecule has 1 aliphatic heterocycles. The molecular weight excluding hydrogens is 159 g/mol. The molecule has 1 aliphatic rings. The van der Waals surface area contributed by atoms with Crippen LogP contribution in [0.4, 0.5) is 0 Å². The van der Waals surface area contributed by atoms with Crippen LogP contribution in [-0.2, 0) is 13.8 Å². The third-order valence-corrected chi connectivity index (χ3v) is 1.65. The van der Waals surface area contributed by atoms with Crippen molar-refractivity contribution in [2.75, 3.05) is 6.61 Å². The summed E-state index contributed by atoms with van der Waals surface area (Å²) in [4.78, 5) is 16.6. The van der Waals surface area contributed by atoms with Crippen LogP contribution in [0.25, 0.3) is 0 Å². The Morgan fingerprint density at radius 3 is 2.70 bits per heavy atom. The van der Waals surface area contributed by atoms with E-state index in [1.54, 1.807) is 0 Å². The minimum Gasteiger partial charge on any atom is -0.352 e. The van der Waals surface area contributed by atoms with E-state index in [0.717, 1.165) is 6.42 Å². The maximum atomic E-state index is 10.2. The molecule has 0 aromatic carbocycles. The molecule has 1 atom stereocenters. The van der Waals surface area contributed by atoms with Crippen LogP contribution in [0.15, 0.2) is 0 Å². The van der Waals surface area contributed by atoms with Crippen LogP contribution >= 0.6 is 7.82 Å². The summed E-state index contributed by atoms with van der Waals surface area (Å²) < 4.78 is 19.2. The smallest absolute Gasteiger partial charge is 0.352 e. The van der Waals surface area contributed by atoms with Gasteiger partial charge in [-0.15, -0.1) is 0 Å². The van der Waals surface area contributed by atoms with Crippen molar-refractivity contribution in [2.24, 2.45) is 0 Å². The van der Waals surface area contributed by atoms with E-state index in [1.807, 2.05) is 0 Å². The second kappa shape index (κ2) is 2.98. The Hall–Kier alpha value is 0.0700. The Labute approximate surface area is 58.2 Å².